The summed E-state index contributed by atoms with van der Waals surface area (Å²) in [7, 11) is 0. The highest BCUT2D eigenvalue weighted by Crippen LogP contribution is 1.97. The summed E-state index contributed by atoms with van der Waals surface area (Å²) in [5.41, 5.74) is 0.185. The van der Waals surface area contributed by atoms with Crippen LogP contribution in [0.15, 0.2) is 35.2 Å². The van der Waals surface area contributed by atoms with Gasteiger partial charge < -0.3 is 14.6 Å². The molecule has 1 rings (SSSR count). The minimum absolute atomic E-state index is 0.185. The largest absolute Gasteiger partial charge is 0.478 e. The molecular weight excluding hydrogens is 188 g/mol. The number of hydrogen-bond donors (Lipinski definition) is 2. The van der Waals surface area contributed by atoms with E-state index in [2.05, 4.69) is 4.42 Å². The van der Waals surface area contributed by atoms with Gasteiger partial charge in [-0.25, -0.2) is 9.59 Å². The van der Waals surface area contributed by atoms with E-state index in [0.29, 0.717) is 0 Å². The van der Waals surface area contributed by atoms with E-state index in [9.17, 15) is 9.59 Å². The normalized spacial score (nSPS) is 9.21. The smallest absolute Gasteiger partial charge is 0.338 e. The average molecular weight is 198 g/mol. The molecular formula is C9H10O5. The SMILES string of the molecule is C/C=C/C(=O)O.O=C(O)c1ccoc1. The van der Waals surface area contributed by atoms with Gasteiger partial charge in [0.2, 0.25) is 0 Å². The lowest BCUT2D eigenvalue weighted by molar-refractivity contribution is -0.131. The molecule has 1 aromatic rings. The minimum Gasteiger partial charge on any atom is -0.478 e. The van der Waals surface area contributed by atoms with Gasteiger partial charge in [0, 0.05) is 6.08 Å². The summed E-state index contributed by atoms with van der Waals surface area (Å²) in [6, 6.07) is 1.39. The maximum Gasteiger partial charge on any atom is 0.338 e. The fourth-order valence-electron chi connectivity index (χ4n) is 0.529. The van der Waals surface area contributed by atoms with Crippen LogP contribution in [0.3, 0.4) is 0 Å². The van der Waals surface area contributed by atoms with Crippen molar-refractivity contribution in [1.82, 2.24) is 0 Å². The van der Waals surface area contributed by atoms with E-state index in [1.54, 1.807) is 6.92 Å². The predicted octanol–water partition coefficient (Wildman–Crippen LogP) is 1.62. The van der Waals surface area contributed by atoms with Crippen LogP contribution in [0.4, 0.5) is 0 Å². The quantitative estimate of drug-likeness (QED) is 0.705. The van der Waals surface area contributed by atoms with Crippen molar-refractivity contribution in [3.05, 3.63) is 36.3 Å². The molecule has 14 heavy (non-hydrogen) atoms. The molecule has 0 unspecified atom stereocenters. The molecule has 0 aliphatic heterocycles. The van der Waals surface area contributed by atoms with E-state index in [-0.39, 0.29) is 5.56 Å². The summed E-state index contributed by atoms with van der Waals surface area (Å²) in [4.78, 5) is 19.5. The number of carboxylic acid groups (broad SMARTS) is 2. The summed E-state index contributed by atoms with van der Waals surface area (Å²) in [6.45, 7) is 1.66. The molecule has 0 saturated carbocycles. The summed E-state index contributed by atoms with van der Waals surface area (Å²) in [6.07, 6.45) is 5.06. The molecule has 0 aliphatic rings. The van der Waals surface area contributed by atoms with Gasteiger partial charge in [-0.05, 0) is 13.0 Å². The zero-order valence-electron chi connectivity index (χ0n) is 7.51. The van der Waals surface area contributed by atoms with Crippen LogP contribution >= 0.6 is 0 Å². The van der Waals surface area contributed by atoms with Crippen molar-refractivity contribution in [2.75, 3.05) is 0 Å². The molecule has 5 heteroatoms. The van der Waals surface area contributed by atoms with Crippen molar-refractivity contribution in [2.45, 2.75) is 6.92 Å². The zero-order chi connectivity index (χ0) is 11.0. The Labute approximate surface area is 80.3 Å². The van der Waals surface area contributed by atoms with Gasteiger partial charge in [-0.1, -0.05) is 6.08 Å². The number of aromatic carboxylic acids is 1. The molecule has 0 aromatic carbocycles. The van der Waals surface area contributed by atoms with Crippen molar-refractivity contribution in [3.8, 4) is 0 Å². The lowest BCUT2D eigenvalue weighted by Gasteiger charge is -1.77. The monoisotopic (exact) mass is 198 g/mol. The number of rotatable bonds is 2. The Morgan fingerprint density at radius 1 is 1.43 bits per heavy atom. The second-order valence-electron chi connectivity index (χ2n) is 2.16. The van der Waals surface area contributed by atoms with Crippen LogP contribution in [0.1, 0.15) is 17.3 Å². The predicted molar refractivity (Wildman–Crippen MR) is 48.1 cm³/mol. The van der Waals surface area contributed by atoms with Crippen LogP contribution in [0.5, 0.6) is 0 Å². The summed E-state index contributed by atoms with van der Waals surface area (Å²) in [5, 5.41) is 16.0. The van der Waals surface area contributed by atoms with Gasteiger partial charge in [0.1, 0.15) is 6.26 Å². The molecule has 0 bridgehead atoms. The second kappa shape index (κ2) is 6.47. The van der Waals surface area contributed by atoms with Crippen molar-refractivity contribution in [2.24, 2.45) is 0 Å². The molecule has 1 aromatic heterocycles. The first kappa shape index (κ1) is 12.0. The fraction of sp³-hybridized carbons (Fsp3) is 0.111. The highest BCUT2D eigenvalue weighted by atomic mass is 16.4. The molecule has 0 aliphatic carbocycles. The molecule has 0 amide bonds. The Kier molecular flexibility index (Phi) is 5.53. The maximum absolute atomic E-state index is 10.0. The Balaban J connectivity index is 0.000000255. The van der Waals surface area contributed by atoms with E-state index in [1.165, 1.54) is 24.7 Å². The van der Waals surface area contributed by atoms with Crippen LogP contribution in [-0.2, 0) is 4.79 Å². The molecule has 0 fully saturated rings. The van der Waals surface area contributed by atoms with Gasteiger partial charge in [0.15, 0.2) is 0 Å². The van der Waals surface area contributed by atoms with Gasteiger partial charge >= 0.3 is 11.9 Å². The van der Waals surface area contributed by atoms with E-state index >= 15 is 0 Å². The minimum atomic E-state index is -0.959. The first-order chi connectivity index (χ1) is 6.57. The summed E-state index contributed by atoms with van der Waals surface area (Å²) in [5.74, 6) is -1.85. The molecule has 1 heterocycles. The molecule has 0 radical (unpaired) electrons. The highest BCUT2D eigenvalue weighted by molar-refractivity contribution is 5.86. The summed E-state index contributed by atoms with van der Waals surface area (Å²) < 4.78 is 4.49. The first-order valence-electron chi connectivity index (χ1n) is 3.69. The van der Waals surface area contributed by atoms with Gasteiger partial charge in [0.25, 0.3) is 0 Å². The number of carboxylic acids is 2. The maximum atomic E-state index is 10.0. The van der Waals surface area contributed by atoms with Crippen molar-refractivity contribution in [1.29, 1.82) is 0 Å². The van der Waals surface area contributed by atoms with Crippen molar-refractivity contribution in [3.63, 3.8) is 0 Å². The van der Waals surface area contributed by atoms with E-state index < -0.39 is 11.9 Å². The lowest BCUT2D eigenvalue weighted by Crippen LogP contribution is -1.90. The Morgan fingerprint density at radius 3 is 2.21 bits per heavy atom. The van der Waals surface area contributed by atoms with Gasteiger partial charge in [-0.15, -0.1) is 0 Å². The zero-order valence-corrected chi connectivity index (χ0v) is 7.51. The molecule has 0 atom stereocenters. The van der Waals surface area contributed by atoms with Crippen LogP contribution in [0.2, 0.25) is 0 Å². The lowest BCUT2D eigenvalue weighted by atomic mass is 10.4. The number of hydrogen-bond acceptors (Lipinski definition) is 3. The molecule has 0 spiro atoms. The van der Waals surface area contributed by atoms with E-state index in [0.717, 1.165) is 6.08 Å². The Hall–Kier alpha value is -2.04. The third kappa shape index (κ3) is 5.59. The summed E-state index contributed by atoms with van der Waals surface area (Å²) >= 11 is 0. The molecule has 0 saturated heterocycles. The Bertz CT molecular complexity index is 310. The third-order valence-corrected chi connectivity index (χ3v) is 1.08. The van der Waals surface area contributed by atoms with E-state index in [1.807, 2.05) is 0 Å². The number of aliphatic carboxylic acids is 1. The number of furan rings is 1. The van der Waals surface area contributed by atoms with Gasteiger partial charge in [-0.3, -0.25) is 0 Å². The van der Waals surface area contributed by atoms with Crippen LogP contribution in [-0.4, -0.2) is 22.2 Å². The average Bonchev–Trinajstić information content (AvgIpc) is 2.56. The second-order valence-corrected chi connectivity index (χ2v) is 2.16. The van der Waals surface area contributed by atoms with Crippen molar-refractivity contribution < 1.29 is 24.2 Å². The standard InChI is InChI=1S/C5H4O3.C4H6O2/c6-5(7)4-1-2-8-3-4;1-2-3-4(5)6/h1-3H,(H,6,7);2-3H,1H3,(H,5,6)/b;3-2+. The number of carbonyl (C=O) groups is 2. The van der Waals surface area contributed by atoms with E-state index in [4.69, 9.17) is 10.2 Å². The number of allylic oxidation sites excluding steroid dienone is 1. The van der Waals surface area contributed by atoms with Crippen LogP contribution in [0.25, 0.3) is 0 Å². The molecule has 5 nitrogen and oxygen atoms in total. The van der Waals surface area contributed by atoms with Gasteiger partial charge in [-0.2, -0.15) is 0 Å². The third-order valence-electron chi connectivity index (χ3n) is 1.08. The molecule has 2 N–H and O–H groups in total. The Morgan fingerprint density at radius 2 is 2.07 bits per heavy atom. The highest BCUT2D eigenvalue weighted by Gasteiger charge is 2.00. The first-order valence-corrected chi connectivity index (χ1v) is 3.69. The topological polar surface area (TPSA) is 87.7 Å². The molecule has 76 valence electrons. The van der Waals surface area contributed by atoms with Gasteiger partial charge in [0.05, 0.1) is 11.8 Å². The fourth-order valence-corrected chi connectivity index (χ4v) is 0.529. The van der Waals surface area contributed by atoms with Crippen LogP contribution < -0.4 is 0 Å². The van der Waals surface area contributed by atoms with Crippen molar-refractivity contribution >= 4 is 11.9 Å². The van der Waals surface area contributed by atoms with Crippen LogP contribution in [0, 0.1) is 0 Å².